The van der Waals surface area contributed by atoms with Crippen molar-refractivity contribution in [3.8, 4) is 34.0 Å². The third kappa shape index (κ3) is 3.49. The Morgan fingerprint density at radius 3 is 1.74 bits per heavy atom. The lowest BCUT2D eigenvalue weighted by atomic mass is 10.0. The van der Waals surface area contributed by atoms with Crippen LogP contribution in [0.3, 0.4) is 0 Å². The van der Waals surface area contributed by atoms with E-state index in [4.69, 9.17) is 4.42 Å². The number of hydrogen-bond acceptors (Lipinski definition) is 2. The van der Waals surface area contributed by atoms with Crippen LogP contribution in [0.15, 0.2) is 89.3 Å². The summed E-state index contributed by atoms with van der Waals surface area (Å²) in [4.78, 5) is 4.57. The Balaban J connectivity index is 1.85. The van der Waals surface area contributed by atoms with E-state index in [0.29, 0.717) is 22.9 Å². The van der Waals surface area contributed by atoms with E-state index in [2.05, 4.69) is 4.98 Å². The van der Waals surface area contributed by atoms with Crippen LogP contribution in [0.1, 0.15) is 5.56 Å². The highest BCUT2D eigenvalue weighted by atomic mass is 19.4. The Labute approximate surface area is 153 Å². The predicted molar refractivity (Wildman–Crippen MR) is 97.8 cm³/mol. The first-order chi connectivity index (χ1) is 13.0. The second kappa shape index (κ2) is 6.76. The number of aromatic nitrogens is 1. The minimum absolute atomic E-state index is 0.421. The Bertz CT molecular complexity index is 1040. The molecule has 0 amide bonds. The van der Waals surface area contributed by atoms with Crippen LogP contribution < -0.4 is 0 Å². The van der Waals surface area contributed by atoms with Crippen molar-refractivity contribution in [1.29, 1.82) is 0 Å². The molecule has 134 valence electrons. The third-order valence-electron chi connectivity index (χ3n) is 4.17. The van der Waals surface area contributed by atoms with Gasteiger partial charge in [-0.3, -0.25) is 0 Å². The summed E-state index contributed by atoms with van der Waals surface area (Å²) in [6, 6.07) is 23.7. The summed E-state index contributed by atoms with van der Waals surface area (Å²) in [5.74, 6) is 0.943. The monoisotopic (exact) mass is 365 g/mol. The lowest BCUT2D eigenvalue weighted by Gasteiger charge is -2.07. The van der Waals surface area contributed by atoms with Gasteiger partial charge in [-0.15, -0.1) is 0 Å². The molecule has 0 N–H and O–H groups in total. The lowest BCUT2D eigenvalue weighted by Crippen LogP contribution is -2.04. The molecule has 0 atom stereocenters. The fourth-order valence-corrected chi connectivity index (χ4v) is 2.82. The molecule has 0 aliphatic heterocycles. The largest absolute Gasteiger partial charge is 0.435 e. The standard InChI is InChI=1S/C22H14F3NO/c23-22(24,25)18-13-11-15(12-14-18)19-20(16-7-3-1-4-8-16)27-21(26-19)17-9-5-2-6-10-17/h1-14H. The van der Waals surface area contributed by atoms with E-state index in [1.807, 2.05) is 60.7 Å². The van der Waals surface area contributed by atoms with Crippen molar-refractivity contribution in [2.45, 2.75) is 6.18 Å². The van der Waals surface area contributed by atoms with Crippen LogP contribution in [0.5, 0.6) is 0 Å². The molecule has 27 heavy (non-hydrogen) atoms. The number of alkyl halides is 3. The quantitative estimate of drug-likeness (QED) is 0.404. The van der Waals surface area contributed by atoms with Crippen molar-refractivity contribution < 1.29 is 17.6 Å². The van der Waals surface area contributed by atoms with Gasteiger partial charge >= 0.3 is 6.18 Å². The first kappa shape index (κ1) is 17.1. The Hall–Kier alpha value is -3.34. The van der Waals surface area contributed by atoms with Crippen molar-refractivity contribution in [2.75, 3.05) is 0 Å². The summed E-state index contributed by atoms with van der Waals surface area (Å²) >= 11 is 0. The highest BCUT2D eigenvalue weighted by Gasteiger charge is 2.30. The van der Waals surface area contributed by atoms with Crippen LogP contribution in [0.4, 0.5) is 13.2 Å². The Morgan fingerprint density at radius 1 is 0.630 bits per heavy atom. The number of nitrogens with zero attached hydrogens (tertiary/aromatic N) is 1. The van der Waals surface area contributed by atoms with Crippen LogP contribution >= 0.6 is 0 Å². The summed E-state index contributed by atoms with van der Waals surface area (Å²) in [6.07, 6.45) is -4.38. The average molecular weight is 365 g/mol. The van der Waals surface area contributed by atoms with Gasteiger partial charge in [-0.2, -0.15) is 13.2 Å². The van der Waals surface area contributed by atoms with E-state index in [1.54, 1.807) is 0 Å². The molecule has 0 radical (unpaired) electrons. The number of oxazole rings is 1. The summed E-state index contributed by atoms with van der Waals surface area (Å²) in [6.45, 7) is 0. The van der Waals surface area contributed by atoms with E-state index in [9.17, 15) is 13.2 Å². The van der Waals surface area contributed by atoms with Crippen molar-refractivity contribution in [2.24, 2.45) is 0 Å². The van der Waals surface area contributed by atoms with Crippen molar-refractivity contribution in [1.82, 2.24) is 4.98 Å². The molecule has 1 aromatic heterocycles. The van der Waals surface area contributed by atoms with Gasteiger partial charge < -0.3 is 4.42 Å². The summed E-state index contributed by atoms with van der Waals surface area (Å²) in [7, 11) is 0. The molecule has 0 unspecified atom stereocenters. The van der Waals surface area contributed by atoms with E-state index >= 15 is 0 Å². The highest BCUT2D eigenvalue weighted by molar-refractivity contribution is 5.79. The number of hydrogen-bond donors (Lipinski definition) is 0. The second-order valence-corrected chi connectivity index (χ2v) is 6.00. The third-order valence-corrected chi connectivity index (χ3v) is 4.17. The van der Waals surface area contributed by atoms with Crippen molar-refractivity contribution in [3.05, 3.63) is 90.5 Å². The summed E-state index contributed by atoms with van der Waals surface area (Å²) < 4.78 is 44.6. The minimum atomic E-state index is -4.38. The van der Waals surface area contributed by atoms with Gasteiger partial charge in [0, 0.05) is 16.7 Å². The maximum absolute atomic E-state index is 12.9. The fourth-order valence-electron chi connectivity index (χ4n) is 2.82. The molecular formula is C22H14F3NO. The van der Waals surface area contributed by atoms with Gasteiger partial charge in [0.2, 0.25) is 5.89 Å². The molecule has 0 spiro atoms. The normalized spacial score (nSPS) is 11.5. The van der Waals surface area contributed by atoms with E-state index in [0.717, 1.165) is 23.3 Å². The molecule has 0 bridgehead atoms. The van der Waals surface area contributed by atoms with Gasteiger partial charge in [0.25, 0.3) is 0 Å². The summed E-state index contributed by atoms with van der Waals surface area (Å²) in [5, 5.41) is 0. The van der Waals surface area contributed by atoms with Crippen LogP contribution in [0.25, 0.3) is 34.0 Å². The van der Waals surface area contributed by atoms with Gasteiger partial charge in [-0.05, 0) is 24.3 Å². The molecule has 4 aromatic rings. The minimum Gasteiger partial charge on any atom is -0.435 e. The molecule has 0 saturated carbocycles. The topological polar surface area (TPSA) is 26.0 Å². The van der Waals surface area contributed by atoms with Crippen LogP contribution in [0.2, 0.25) is 0 Å². The summed E-state index contributed by atoms with van der Waals surface area (Å²) in [5.41, 5.74) is 1.98. The zero-order valence-corrected chi connectivity index (χ0v) is 14.1. The number of benzene rings is 3. The Morgan fingerprint density at radius 2 is 1.19 bits per heavy atom. The maximum Gasteiger partial charge on any atom is 0.416 e. The Kier molecular flexibility index (Phi) is 4.28. The zero-order chi connectivity index (χ0) is 18.9. The lowest BCUT2D eigenvalue weighted by molar-refractivity contribution is -0.137. The fraction of sp³-hybridized carbons (Fsp3) is 0.0455. The van der Waals surface area contributed by atoms with Gasteiger partial charge in [-0.1, -0.05) is 60.7 Å². The van der Waals surface area contributed by atoms with E-state index in [-0.39, 0.29) is 0 Å². The van der Waals surface area contributed by atoms with Gasteiger partial charge in [-0.25, -0.2) is 4.98 Å². The van der Waals surface area contributed by atoms with Crippen LogP contribution in [-0.2, 0) is 6.18 Å². The van der Waals surface area contributed by atoms with Gasteiger partial charge in [0.05, 0.1) is 5.56 Å². The number of rotatable bonds is 3. The molecular weight excluding hydrogens is 351 g/mol. The van der Waals surface area contributed by atoms with Crippen molar-refractivity contribution >= 4 is 0 Å². The molecule has 0 aliphatic rings. The first-order valence-corrected chi connectivity index (χ1v) is 8.32. The molecule has 0 aliphatic carbocycles. The SMILES string of the molecule is FC(F)(F)c1ccc(-c2nc(-c3ccccc3)oc2-c2ccccc2)cc1. The predicted octanol–water partition coefficient (Wildman–Crippen LogP) is 6.69. The molecule has 3 aromatic carbocycles. The molecule has 1 heterocycles. The molecule has 0 fully saturated rings. The van der Waals surface area contributed by atoms with Gasteiger partial charge in [0.15, 0.2) is 5.76 Å². The zero-order valence-electron chi connectivity index (χ0n) is 14.1. The molecule has 5 heteroatoms. The molecule has 2 nitrogen and oxygen atoms in total. The van der Waals surface area contributed by atoms with E-state index in [1.165, 1.54) is 12.1 Å². The molecule has 4 rings (SSSR count). The van der Waals surface area contributed by atoms with Crippen LogP contribution in [-0.4, -0.2) is 4.98 Å². The van der Waals surface area contributed by atoms with E-state index < -0.39 is 11.7 Å². The average Bonchev–Trinajstić information content (AvgIpc) is 3.14. The van der Waals surface area contributed by atoms with Crippen LogP contribution in [0, 0.1) is 0 Å². The first-order valence-electron chi connectivity index (χ1n) is 8.32. The smallest absolute Gasteiger partial charge is 0.416 e. The van der Waals surface area contributed by atoms with Gasteiger partial charge in [0.1, 0.15) is 5.69 Å². The highest BCUT2D eigenvalue weighted by Crippen LogP contribution is 2.37. The molecule has 0 saturated heterocycles. The second-order valence-electron chi connectivity index (χ2n) is 6.00. The number of halogens is 3. The maximum atomic E-state index is 12.9. The van der Waals surface area contributed by atoms with Crippen molar-refractivity contribution in [3.63, 3.8) is 0 Å².